The normalized spacial score (nSPS) is 11.0. The number of aromatic nitrogens is 2. The van der Waals surface area contributed by atoms with Gasteiger partial charge in [0.25, 0.3) is 5.91 Å². The van der Waals surface area contributed by atoms with Gasteiger partial charge in [0.2, 0.25) is 0 Å². The molecule has 0 saturated carbocycles. The lowest BCUT2D eigenvalue weighted by Gasteiger charge is -2.24. The zero-order chi connectivity index (χ0) is 12.2. The summed E-state index contributed by atoms with van der Waals surface area (Å²) in [4.78, 5) is 19.7. The lowest BCUT2D eigenvalue weighted by Crippen LogP contribution is -2.43. The van der Waals surface area contributed by atoms with Crippen molar-refractivity contribution in [1.82, 2.24) is 15.3 Å². The predicted octanol–water partition coefficient (Wildman–Crippen LogP) is 0.681. The predicted molar refractivity (Wildman–Crippen MR) is 61.7 cm³/mol. The molecule has 1 heterocycles. The first-order valence-electron chi connectivity index (χ1n) is 5.09. The van der Waals surface area contributed by atoms with Gasteiger partial charge >= 0.3 is 0 Å². The molecular weight excluding hydrogens is 206 g/mol. The third-order valence-electron chi connectivity index (χ3n) is 2.35. The van der Waals surface area contributed by atoms with Crippen LogP contribution in [0.15, 0.2) is 12.4 Å². The van der Waals surface area contributed by atoms with E-state index in [1.807, 2.05) is 20.8 Å². The maximum atomic E-state index is 11.8. The topological polar surface area (TPSA) is 92.9 Å². The second kappa shape index (κ2) is 4.89. The molecule has 0 aliphatic rings. The number of hydrazine groups is 1. The van der Waals surface area contributed by atoms with Crippen LogP contribution >= 0.6 is 0 Å². The monoisotopic (exact) mass is 223 g/mol. The molecule has 0 radical (unpaired) electrons. The van der Waals surface area contributed by atoms with Gasteiger partial charge in [-0.15, -0.1) is 0 Å². The van der Waals surface area contributed by atoms with Gasteiger partial charge in [0, 0.05) is 5.54 Å². The molecule has 0 atom stereocenters. The summed E-state index contributed by atoms with van der Waals surface area (Å²) >= 11 is 0. The van der Waals surface area contributed by atoms with E-state index >= 15 is 0 Å². The van der Waals surface area contributed by atoms with Crippen molar-refractivity contribution in [2.75, 3.05) is 5.43 Å². The fourth-order valence-electron chi connectivity index (χ4n) is 1.00. The van der Waals surface area contributed by atoms with Crippen molar-refractivity contribution in [2.45, 2.75) is 32.7 Å². The van der Waals surface area contributed by atoms with Crippen molar-refractivity contribution in [3.63, 3.8) is 0 Å². The van der Waals surface area contributed by atoms with Crippen LogP contribution < -0.4 is 16.6 Å². The van der Waals surface area contributed by atoms with E-state index in [2.05, 4.69) is 20.7 Å². The SMILES string of the molecule is CCC(C)(C)NC(=O)c1cncc(NN)n1. The highest BCUT2D eigenvalue weighted by Gasteiger charge is 2.19. The van der Waals surface area contributed by atoms with Gasteiger partial charge in [-0.1, -0.05) is 6.92 Å². The zero-order valence-electron chi connectivity index (χ0n) is 9.74. The molecule has 0 fully saturated rings. The summed E-state index contributed by atoms with van der Waals surface area (Å²) in [6.45, 7) is 5.90. The molecular formula is C10H17N5O. The number of amides is 1. The Hall–Kier alpha value is -1.69. The minimum atomic E-state index is -0.259. The van der Waals surface area contributed by atoms with E-state index in [0.29, 0.717) is 5.82 Å². The quantitative estimate of drug-likeness (QED) is 0.515. The van der Waals surface area contributed by atoms with Gasteiger partial charge in [-0.25, -0.2) is 10.8 Å². The van der Waals surface area contributed by atoms with E-state index in [1.165, 1.54) is 12.4 Å². The lowest BCUT2D eigenvalue weighted by atomic mass is 10.0. The van der Waals surface area contributed by atoms with E-state index < -0.39 is 0 Å². The van der Waals surface area contributed by atoms with Gasteiger partial charge < -0.3 is 10.7 Å². The highest BCUT2D eigenvalue weighted by molar-refractivity contribution is 5.92. The highest BCUT2D eigenvalue weighted by atomic mass is 16.2. The first-order chi connectivity index (χ1) is 7.48. The van der Waals surface area contributed by atoms with Gasteiger partial charge in [-0.2, -0.15) is 0 Å². The Labute approximate surface area is 94.6 Å². The summed E-state index contributed by atoms with van der Waals surface area (Å²) in [5, 5.41) is 2.86. The molecule has 4 N–H and O–H groups in total. The van der Waals surface area contributed by atoms with E-state index in [1.54, 1.807) is 0 Å². The summed E-state index contributed by atoms with van der Waals surface area (Å²) < 4.78 is 0. The van der Waals surface area contributed by atoms with Crippen LogP contribution in [0.3, 0.4) is 0 Å². The fraction of sp³-hybridized carbons (Fsp3) is 0.500. The molecule has 0 aliphatic heterocycles. The number of hydrogen-bond acceptors (Lipinski definition) is 5. The Balaban J connectivity index is 2.80. The average Bonchev–Trinajstić information content (AvgIpc) is 2.28. The van der Waals surface area contributed by atoms with E-state index in [0.717, 1.165) is 6.42 Å². The molecule has 0 spiro atoms. The fourth-order valence-corrected chi connectivity index (χ4v) is 1.00. The van der Waals surface area contributed by atoms with Crippen molar-refractivity contribution in [3.8, 4) is 0 Å². The van der Waals surface area contributed by atoms with Crippen LogP contribution in [-0.4, -0.2) is 21.4 Å². The third kappa shape index (κ3) is 3.16. The number of nitrogens with two attached hydrogens (primary N) is 1. The Morgan fingerprint density at radius 2 is 2.19 bits per heavy atom. The largest absolute Gasteiger partial charge is 0.346 e. The number of nitrogens with one attached hydrogen (secondary N) is 2. The second-order valence-electron chi connectivity index (χ2n) is 4.13. The molecule has 0 aliphatic carbocycles. The van der Waals surface area contributed by atoms with E-state index in [4.69, 9.17) is 5.84 Å². The maximum Gasteiger partial charge on any atom is 0.271 e. The van der Waals surface area contributed by atoms with Crippen LogP contribution in [0, 0.1) is 0 Å². The molecule has 1 aromatic heterocycles. The Morgan fingerprint density at radius 1 is 1.50 bits per heavy atom. The third-order valence-corrected chi connectivity index (χ3v) is 2.35. The van der Waals surface area contributed by atoms with Gasteiger partial charge in [0.05, 0.1) is 12.4 Å². The van der Waals surface area contributed by atoms with Crippen LogP contribution in [0.5, 0.6) is 0 Å². The summed E-state index contributed by atoms with van der Waals surface area (Å²) in [6.07, 6.45) is 3.69. The molecule has 0 unspecified atom stereocenters. The number of carbonyl (C=O) groups excluding carboxylic acids is 1. The molecule has 1 amide bonds. The molecule has 1 aromatic rings. The van der Waals surface area contributed by atoms with E-state index in [-0.39, 0.29) is 17.1 Å². The maximum absolute atomic E-state index is 11.8. The number of rotatable bonds is 4. The average molecular weight is 223 g/mol. The molecule has 88 valence electrons. The van der Waals surface area contributed by atoms with Crippen LogP contribution in [0.2, 0.25) is 0 Å². The van der Waals surface area contributed by atoms with Crippen LogP contribution in [0.1, 0.15) is 37.7 Å². The zero-order valence-corrected chi connectivity index (χ0v) is 9.74. The number of nitrogens with zero attached hydrogens (tertiary/aromatic N) is 2. The van der Waals surface area contributed by atoms with E-state index in [9.17, 15) is 4.79 Å². The molecule has 6 heteroatoms. The highest BCUT2D eigenvalue weighted by Crippen LogP contribution is 2.08. The van der Waals surface area contributed by atoms with Crippen LogP contribution in [-0.2, 0) is 0 Å². The summed E-state index contributed by atoms with van der Waals surface area (Å²) in [7, 11) is 0. The summed E-state index contributed by atoms with van der Waals surface area (Å²) in [5.74, 6) is 5.30. The Kier molecular flexibility index (Phi) is 3.78. The van der Waals surface area contributed by atoms with Crippen molar-refractivity contribution >= 4 is 11.7 Å². The van der Waals surface area contributed by atoms with Gasteiger partial charge in [0.1, 0.15) is 5.69 Å². The minimum Gasteiger partial charge on any atom is -0.346 e. The van der Waals surface area contributed by atoms with Crippen molar-refractivity contribution in [3.05, 3.63) is 18.1 Å². The molecule has 16 heavy (non-hydrogen) atoms. The van der Waals surface area contributed by atoms with Crippen molar-refractivity contribution in [2.24, 2.45) is 5.84 Å². The standard InChI is InChI=1S/C10H17N5O/c1-4-10(2,3)14-9(16)7-5-12-6-8(13-7)15-11/h5-6H,4,11H2,1-3H3,(H,13,15)(H,14,16). The molecule has 0 bridgehead atoms. The second-order valence-corrected chi connectivity index (χ2v) is 4.13. The Morgan fingerprint density at radius 3 is 2.75 bits per heavy atom. The number of anilines is 1. The first kappa shape index (κ1) is 12.4. The van der Waals surface area contributed by atoms with Gasteiger partial charge in [0.15, 0.2) is 5.82 Å². The molecule has 0 aromatic carbocycles. The number of hydrogen-bond donors (Lipinski definition) is 3. The Bertz CT molecular complexity index is 377. The van der Waals surface area contributed by atoms with Crippen LogP contribution in [0.4, 0.5) is 5.82 Å². The van der Waals surface area contributed by atoms with Crippen LogP contribution in [0.25, 0.3) is 0 Å². The minimum absolute atomic E-state index is 0.247. The lowest BCUT2D eigenvalue weighted by molar-refractivity contribution is 0.0906. The molecule has 0 saturated heterocycles. The van der Waals surface area contributed by atoms with Gasteiger partial charge in [-0.05, 0) is 20.3 Å². The van der Waals surface area contributed by atoms with Crippen molar-refractivity contribution < 1.29 is 4.79 Å². The summed E-state index contributed by atoms with van der Waals surface area (Å²) in [6, 6.07) is 0. The summed E-state index contributed by atoms with van der Waals surface area (Å²) in [5.41, 5.74) is 2.33. The van der Waals surface area contributed by atoms with Gasteiger partial charge in [-0.3, -0.25) is 9.78 Å². The smallest absolute Gasteiger partial charge is 0.271 e. The molecule has 1 rings (SSSR count). The number of carbonyl (C=O) groups is 1. The molecule has 6 nitrogen and oxygen atoms in total. The van der Waals surface area contributed by atoms with Crippen molar-refractivity contribution in [1.29, 1.82) is 0 Å². The number of nitrogen functional groups attached to an aromatic ring is 1. The first-order valence-corrected chi connectivity index (χ1v) is 5.09.